The molecule has 2 saturated heterocycles. The molecule has 1 amide bonds. The van der Waals surface area contributed by atoms with E-state index in [0.717, 1.165) is 44.8 Å². The standard InChI is InChI=1S/C20H26N4O2/c1-2-23-12-17(10-21-23)11-22-9-8-20(14-22)15-24(19(25)13-26-16-20)18-6-4-3-5-7-18/h3-7,10,12H,2,8-9,11,13-16H2,1H3. The average molecular weight is 354 g/mol. The maximum atomic E-state index is 12.5. The van der Waals surface area contributed by atoms with Crippen molar-refractivity contribution in [1.82, 2.24) is 14.7 Å². The Balaban J connectivity index is 1.48. The third kappa shape index (κ3) is 3.52. The second-order valence-electron chi connectivity index (χ2n) is 7.47. The number of aryl methyl sites for hydroxylation is 1. The number of anilines is 1. The number of hydrogen-bond acceptors (Lipinski definition) is 4. The lowest BCUT2D eigenvalue weighted by Crippen LogP contribution is -2.42. The van der Waals surface area contributed by atoms with Gasteiger partial charge in [0.25, 0.3) is 5.91 Å². The van der Waals surface area contributed by atoms with Crippen molar-refractivity contribution in [2.45, 2.75) is 26.4 Å². The Labute approximate surface area is 154 Å². The van der Waals surface area contributed by atoms with E-state index in [9.17, 15) is 4.79 Å². The van der Waals surface area contributed by atoms with Gasteiger partial charge in [0.2, 0.25) is 0 Å². The summed E-state index contributed by atoms with van der Waals surface area (Å²) >= 11 is 0. The molecule has 2 fully saturated rings. The first-order valence-electron chi connectivity index (χ1n) is 9.34. The normalized spacial score (nSPS) is 24.3. The molecule has 2 aliphatic heterocycles. The van der Waals surface area contributed by atoms with Gasteiger partial charge in [-0.3, -0.25) is 14.4 Å². The first-order valence-corrected chi connectivity index (χ1v) is 9.34. The molecule has 26 heavy (non-hydrogen) atoms. The van der Waals surface area contributed by atoms with E-state index in [1.54, 1.807) is 0 Å². The number of hydrogen-bond donors (Lipinski definition) is 0. The number of carbonyl (C=O) groups is 1. The van der Waals surface area contributed by atoms with Gasteiger partial charge in [-0.15, -0.1) is 0 Å². The van der Waals surface area contributed by atoms with E-state index in [1.165, 1.54) is 5.56 Å². The minimum Gasteiger partial charge on any atom is -0.371 e. The molecule has 0 N–H and O–H groups in total. The van der Waals surface area contributed by atoms with Gasteiger partial charge in [-0.05, 0) is 32.0 Å². The lowest BCUT2D eigenvalue weighted by Gasteiger charge is -2.32. The van der Waals surface area contributed by atoms with Crippen LogP contribution in [-0.2, 0) is 22.6 Å². The molecule has 0 radical (unpaired) electrons. The second kappa shape index (κ2) is 7.21. The zero-order valence-electron chi connectivity index (χ0n) is 15.3. The molecule has 3 heterocycles. The van der Waals surface area contributed by atoms with E-state index < -0.39 is 0 Å². The molecular formula is C20H26N4O2. The molecule has 6 nitrogen and oxygen atoms in total. The topological polar surface area (TPSA) is 50.6 Å². The maximum Gasteiger partial charge on any atom is 0.252 e. The third-order valence-electron chi connectivity index (χ3n) is 5.43. The Bertz CT molecular complexity index is 760. The van der Waals surface area contributed by atoms with Crippen molar-refractivity contribution in [3.05, 3.63) is 48.3 Å². The summed E-state index contributed by atoms with van der Waals surface area (Å²) in [6, 6.07) is 9.94. The van der Waals surface area contributed by atoms with Crippen LogP contribution in [-0.4, -0.2) is 53.4 Å². The largest absolute Gasteiger partial charge is 0.371 e. The van der Waals surface area contributed by atoms with Gasteiger partial charge < -0.3 is 9.64 Å². The van der Waals surface area contributed by atoms with Gasteiger partial charge in [0.15, 0.2) is 0 Å². The number of amides is 1. The van der Waals surface area contributed by atoms with Crippen LogP contribution < -0.4 is 4.90 Å². The number of nitrogens with zero attached hydrogens (tertiary/aromatic N) is 4. The van der Waals surface area contributed by atoms with Crippen LogP contribution in [0.1, 0.15) is 18.9 Å². The van der Waals surface area contributed by atoms with Crippen molar-refractivity contribution in [2.75, 3.05) is 37.7 Å². The highest BCUT2D eigenvalue weighted by molar-refractivity contribution is 5.94. The summed E-state index contributed by atoms with van der Waals surface area (Å²) in [5.74, 6) is 0.0516. The van der Waals surface area contributed by atoms with Crippen molar-refractivity contribution >= 4 is 11.6 Å². The molecule has 1 aromatic heterocycles. The Hall–Kier alpha value is -2.18. The van der Waals surface area contributed by atoms with E-state index in [4.69, 9.17) is 4.74 Å². The molecule has 6 heteroatoms. The van der Waals surface area contributed by atoms with Crippen LogP contribution in [0.15, 0.2) is 42.7 Å². The smallest absolute Gasteiger partial charge is 0.252 e. The van der Waals surface area contributed by atoms with E-state index >= 15 is 0 Å². The lowest BCUT2D eigenvalue weighted by atomic mass is 9.87. The maximum absolute atomic E-state index is 12.5. The quantitative estimate of drug-likeness (QED) is 0.844. The Morgan fingerprint density at radius 2 is 2.08 bits per heavy atom. The molecule has 1 unspecified atom stereocenters. The van der Waals surface area contributed by atoms with Crippen molar-refractivity contribution in [2.24, 2.45) is 5.41 Å². The summed E-state index contributed by atoms with van der Waals surface area (Å²) in [6.45, 7) is 7.40. The summed E-state index contributed by atoms with van der Waals surface area (Å²) in [4.78, 5) is 16.9. The van der Waals surface area contributed by atoms with Crippen molar-refractivity contribution < 1.29 is 9.53 Å². The van der Waals surface area contributed by atoms with Gasteiger partial charge in [0, 0.05) is 49.0 Å². The van der Waals surface area contributed by atoms with Gasteiger partial charge in [0.05, 0.1) is 12.8 Å². The number of rotatable bonds is 4. The highest BCUT2D eigenvalue weighted by Crippen LogP contribution is 2.35. The Morgan fingerprint density at radius 1 is 1.23 bits per heavy atom. The first kappa shape index (κ1) is 17.2. The Morgan fingerprint density at radius 3 is 2.85 bits per heavy atom. The van der Waals surface area contributed by atoms with Crippen LogP contribution in [0.5, 0.6) is 0 Å². The predicted molar refractivity (Wildman–Crippen MR) is 99.8 cm³/mol. The van der Waals surface area contributed by atoms with E-state index in [1.807, 2.05) is 46.1 Å². The molecule has 1 spiro atoms. The summed E-state index contributed by atoms with van der Waals surface area (Å²) in [7, 11) is 0. The third-order valence-corrected chi connectivity index (χ3v) is 5.43. The average Bonchev–Trinajstić information content (AvgIpc) is 3.24. The molecule has 2 aromatic rings. The second-order valence-corrected chi connectivity index (χ2v) is 7.47. The van der Waals surface area contributed by atoms with E-state index in [2.05, 4.69) is 23.1 Å². The van der Waals surface area contributed by atoms with E-state index in [-0.39, 0.29) is 17.9 Å². The highest BCUT2D eigenvalue weighted by Gasteiger charge is 2.43. The molecule has 138 valence electrons. The van der Waals surface area contributed by atoms with Gasteiger partial charge in [-0.2, -0.15) is 5.10 Å². The van der Waals surface area contributed by atoms with Gasteiger partial charge in [-0.25, -0.2) is 0 Å². The van der Waals surface area contributed by atoms with Crippen LogP contribution in [0.3, 0.4) is 0 Å². The van der Waals surface area contributed by atoms with Crippen LogP contribution >= 0.6 is 0 Å². The number of ether oxygens (including phenoxy) is 1. The lowest BCUT2D eigenvalue weighted by molar-refractivity contribution is -0.122. The molecule has 2 aliphatic rings. The number of likely N-dealkylation sites (tertiary alicyclic amines) is 1. The summed E-state index contributed by atoms with van der Waals surface area (Å²) in [5.41, 5.74) is 2.21. The van der Waals surface area contributed by atoms with Crippen LogP contribution in [0.2, 0.25) is 0 Å². The van der Waals surface area contributed by atoms with Crippen molar-refractivity contribution in [1.29, 1.82) is 0 Å². The van der Waals surface area contributed by atoms with Gasteiger partial charge in [-0.1, -0.05) is 18.2 Å². The molecule has 0 aliphatic carbocycles. The van der Waals surface area contributed by atoms with Crippen LogP contribution in [0.25, 0.3) is 0 Å². The van der Waals surface area contributed by atoms with E-state index in [0.29, 0.717) is 6.61 Å². The number of para-hydroxylation sites is 1. The Kier molecular flexibility index (Phi) is 4.78. The molecule has 0 bridgehead atoms. The number of benzene rings is 1. The fourth-order valence-electron chi connectivity index (χ4n) is 4.07. The highest BCUT2D eigenvalue weighted by atomic mass is 16.5. The fraction of sp³-hybridized carbons (Fsp3) is 0.500. The predicted octanol–water partition coefficient (Wildman–Crippen LogP) is 2.16. The minimum atomic E-state index is 0.00273. The minimum absolute atomic E-state index is 0.00273. The summed E-state index contributed by atoms with van der Waals surface area (Å²) in [5, 5.41) is 4.37. The van der Waals surface area contributed by atoms with Crippen molar-refractivity contribution in [3.8, 4) is 0 Å². The van der Waals surface area contributed by atoms with Crippen LogP contribution in [0.4, 0.5) is 5.69 Å². The summed E-state index contributed by atoms with van der Waals surface area (Å²) in [6.07, 6.45) is 5.12. The first-order chi connectivity index (χ1) is 12.7. The zero-order valence-corrected chi connectivity index (χ0v) is 15.3. The fourth-order valence-corrected chi connectivity index (χ4v) is 4.07. The molecular weight excluding hydrogens is 328 g/mol. The number of carbonyl (C=O) groups excluding carboxylic acids is 1. The number of aromatic nitrogens is 2. The molecule has 1 atom stereocenters. The van der Waals surface area contributed by atoms with Gasteiger partial charge >= 0.3 is 0 Å². The monoisotopic (exact) mass is 354 g/mol. The molecule has 0 saturated carbocycles. The SMILES string of the molecule is CCn1cc(CN2CCC3(COCC(=O)N(c4ccccc4)C3)C2)cn1. The van der Waals surface area contributed by atoms with Gasteiger partial charge in [0.1, 0.15) is 6.61 Å². The molecule has 1 aromatic carbocycles. The molecule has 4 rings (SSSR count). The van der Waals surface area contributed by atoms with Crippen molar-refractivity contribution in [3.63, 3.8) is 0 Å². The summed E-state index contributed by atoms with van der Waals surface area (Å²) < 4.78 is 7.75. The van der Waals surface area contributed by atoms with Crippen LogP contribution in [0, 0.1) is 5.41 Å². The zero-order chi connectivity index (χ0) is 18.0.